The average molecular weight is 268 g/mol. The number of nitrogens with one attached hydrogen (secondary N) is 2. The maximum atomic E-state index is 3.77. The van der Waals surface area contributed by atoms with Crippen LogP contribution in [0, 0.1) is 17.8 Å². The summed E-state index contributed by atoms with van der Waals surface area (Å²) < 4.78 is 0. The molecule has 1 aliphatic carbocycles. The molecule has 0 aromatic carbocycles. The molecule has 0 spiro atoms. The fourth-order valence-corrected chi connectivity index (χ4v) is 3.38. The van der Waals surface area contributed by atoms with Gasteiger partial charge in [0.2, 0.25) is 0 Å². The molecule has 0 aromatic rings. The Balaban J connectivity index is 2.32. The van der Waals surface area contributed by atoms with Crippen LogP contribution < -0.4 is 10.6 Å². The molecule has 2 unspecified atom stereocenters. The number of hydrogen-bond donors (Lipinski definition) is 2. The molecule has 0 radical (unpaired) electrons. The van der Waals surface area contributed by atoms with Crippen molar-refractivity contribution in [3.05, 3.63) is 0 Å². The van der Waals surface area contributed by atoms with Gasteiger partial charge in [-0.25, -0.2) is 0 Å². The van der Waals surface area contributed by atoms with Gasteiger partial charge in [-0.05, 0) is 57.2 Å². The lowest BCUT2D eigenvalue weighted by Gasteiger charge is -2.29. The second-order valence-corrected chi connectivity index (χ2v) is 6.78. The van der Waals surface area contributed by atoms with E-state index in [1.165, 1.54) is 51.5 Å². The first-order chi connectivity index (χ1) is 9.15. The summed E-state index contributed by atoms with van der Waals surface area (Å²) in [6, 6.07) is 0.768. The Morgan fingerprint density at radius 1 is 0.842 bits per heavy atom. The third-order valence-corrected chi connectivity index (χ3v) is 5.26. The zero-order valence-corrected chi connectivity index (χ0v) is 13.7. The first-order valence-corrected chi connectivity index (χ1v) is 8.53. The molecule has 0 amide bonds. The zero-order valence-electron chi connectivity index (χ0n) is 13.7. The van der Waals surface area contributed by atoms with E-state index in [1.807, 2.05) is 7.05 Å². The maximum Gasteiger partial charge on any atom is 0.00670 e. The quantitative estimate of drug-likeness (QED) is 0.741. The van der Waals surface area contributed by atoms with Crippen molar-refractivity contribution < 1.29 is 0 Å². The highest BCUT2D eigenvalue weighted by molar-refractivity contribution is 4.75. The molecule has 1 saturated carbocycles. The Morgan fingerprint density at radius 3 is 1.95 bits per heavy atom. The highest BCUT2D eigenvalue weighted by Crippen LogP contribution is 2.30. The van der Waals surface area contributed by atoms with Gasteiger partial charge in [0.15, 0.2) is 0 Å². The van der Waals surface area contributed by atoms with E-state index in [2.05, 4.69) is 31.4 Å². The van der Waals surface area contributed by atoms with Crippen LogP contribution in [-0.4, -0.2) is 26.2 Å². The number of hydrogen-bond acceptors (Lipinski definition) is 2. The Hall–Kier alpha value is -0.0800. The molecule has 2 atom stereocenters. The minimum Gasteiger partial charge on any atom is -0.320 e. The molecule has 2 N–H and O–H groups in total. The zero-order chi connectivity index (χ0) is 14.1. The van der Waals surface area contributed by atoms with Crippen LogP contribution in [0.3, 0.4) is 0 Å². The van der Waals surface area contributed by atoms with E-state index in [1.54, 1.807) is 0 Å². The van der Waals surface area contributed by atoms with E-state index in [-0.39, 0.29) is 0 Å². The van der Waals surface area contributed by atoms with E-state index in [4.69, 9.17) is 0 Å². The molecule has 2 nitrogen and oxygen atoms in total. The van der Waals surface area contributed by atoms with Crippen molar-refractivity contribution >= 4 is 0 Å². The van der Waals surface area contributed by atoms with E-state index < -0.39 is 0 Å². The topological polar surface area (TPSA) is 24.1 Å². The van der Waals surface area contributed by atoms with Crippen LogP contribution >= 0.6 is 0 Å². The fraction of sp³-hybridized carbons (Fsp3) is 1.00. The molecule has 114 valence electrons. The summed E-state index contributed by atoms with van der Waals surface area (Å²) in [6.07, 6.45) is 9.65. The van der Waals surface area contributed by atoms with Gasteiger partial charge in [0.25, 0.3) is 0 Å². The summed E-state index contributed by atoms with van der Waals surface area (Å²) in [4.78, 5) is 0. The van der Waals surface area contributed by atoms with Crippen molar-refractivity contribution in [3.63, 3.8) is 0 Å². The molecule has 1 aliphatic rings. The SMILES string of the molecule is CNCCCNC1CCCC(C)C(C)C(C)CCC1. The predicted octanol–water partition coefficient (Wildman–Crippen LogP) is 3.82. The largest absolute Gasteiger partial charge is 0.320 e. The van der Waals surface area contributed by atoms with Crippen molar-refractivity contribution in [2.24, 2.45) is 17.8 Å². The fourth-order valence-electron chi connectivity index (χ4n) is 3.38. The molecule has 1 rings (SSSR count). The van der Waals surface area contributed by atoms with Crippen LogP contribution in [0.25, 0.3) is 0 Å². The summed E-state index contributed by atoms with van der Waals surface area (Å²) in [7, 11) is 2.04. The Labute approximate surface area is 121 Å². The van der Waals surface area contributed by atoms with Gasteiger partial charge in [-0.2, -0.15) is 0 Å². The van der Waals surface area contributed by atoms with Crippen LogP contribution in [0.4, 0.5) is 0 Å². The summed E-state index contributed by atoms with van der Waals surface area (Å²) in [5, 5.41) is 7.00. The van der Waals surface area contributed by atoms with Gasteiger partial charge >= 0.3 is 0 Å². The molecule has 0 bridgehead atoms. The molecule has 19 heavy (non-hydrogen) atoms. The maximum absolute atomic E-state index is 3.77. The second-order valence-electron chi connectivity index (χ2n) is 6.78. The van der Waals surface area contributed by atoms with Gasteiger partial charge in [-0.1, -0.05) is 46.5 Å². The molecule has 0 aliphatic heterocycles. The molecule has 1 fully saturated rings. The Morgan fingerprint density at radius 2 is 1.42 bits per heavy atom. The van der Waals surface area contributed by atoms with Crippen molar-refractivity contribution in [2.45, 2.75) is 71.8 Å². The normalized spacial score (nSPS) is 34.1. The molecule has 2 heteroatoms. The van der Waals surface area contributed by atoms with Crippen molar-refractivity contribution in [2.75, 3.05) is 20.1 Å². The summed E-state index contributed by atoms with van der Waals surface area (Å²) >= 11 is 0. The summed E-state index contributed by atoms with van der Waals surface area (Å²) in [6.45, 7) is 9.68. The monoisotopic (exact) mass is 268 g/mol. The van der Waals surface area contributed by atoms with Gasteiger partial charge in [-0.3, -0.25) is 0 Å². The average Bonchev–Trinajstić information content (AvgIpc) is 2.40. The molecular weight excluding hydrogens is 232 g/mol. The lowest BCUT2D eigenvalue weighted by Crippen LogP contribution is -2.32. The molecule has 0 aromatic heterocycles. The first-order valence-electron chi connectivity index (χ1n) is 8.53. The predicted molar refractivity (Wildman–Crippen MR) is 85.5 cm³/mol. The van der Waals surface area contributed by atoms with Crippen molar-refractivity contribution in [3.8, 4) is 0 Å². The van der Waals surface area contributed by atoms with Crippen LogP contribution in [0.2, 0.25) is 0 Å². The highest BCUT2D eigenvalue weighted by Gasteiger charge is 2.21. The Kier molecular flexibility index (Phi) is 8.72. The minimum atomic E-state index is 0.768. The lowest BCUT2D eigenvalue weighted by atomic mass is 9.78. The minimum absolute atomic E-state index is 0.768. The van der Waals surface area contributed by atoms with Crippen molar-refractivity contribution in [1.29, 1.82) is 0 Å². The second kappa shape index (κ2) is 9.77. The van der Waals surface area contributed by atoms with Crippen LogP contribution in [0.5, 0.6) is 0 Å². The van der Waals surface area contributed by atoms with Gasteiger partial charge < -0.3 is 10.6 Å². The van der Waals surface area contributed by atoms with E-state index in [0.717, 1.165) is 30.3 Å². The smallest absolute Gasteiger partial charge is 0.00670 e. The number of rotatable bonds is 5. The van der Waals surface area contributed by atoms with Gasteiger partial charge in [0.05, 0.1) is 0 Å². The van der Waals surface area contributed by atoms with Crippen LogP contribution in [0.1, 0.15) is 65.7 Å². The van der Waals surface area contributed by atoms with E-state index in [9.17, 15) is 0 Å². The summed E-state index contributed by atoms with van der Waals surface area (Å²) in [5.41, 5.74) is 0. The first kappa shape index (κ1) is 17.0. The summed E-state index contributed by atoms with van der Waals surface area (Å²) in [5.74, 6) is 2.70. The Bertz CT molecular complexity index is 201. The van der Waals surface area contributed by atoms with E-state index in [0.29, 0.717) is 0 Å². The van der Waals surface area contributed by atoms with Gasteiger partial charge in [-0.15, -0.1) is 0 Å². The van der Waals surface area contributed by atoms with Gasteiger partial charge in [0, 0.05) is 6.04 Å². The molecule has 0 saturated heterocycles. The van der Waals surface area contributed by atoms with Crippen LogP contribution in [0.15, 0.2) is 0 Å². The third-order valence-electron chi connectivity index (χ3n) is 5.26. The highest BCUT2D eigenvalue weighted by atomic mass is 14.9. The van der Waals surface area contributed by atoms with Gasteiger partial charge in [0.1, 0.15) is 0 Å². The van der Waals surface area contributed by atoms with Crippen LogP contribution in [-0.2, 0) is 0 Å². The standard InChI is InChI=1S/C17H36N2/c1-14-8-5-10-17(19-13-7-12-18-4)11-6-9-15(2)16(14)3/h14-19H,5-13H2,1-4H3. The van der Waals surface area contributed by atoms with E-state index >= 15 is 0 Å². The molecular formula is C17H36N2. The van der Waals surface area contributed by atoms with Crippen molar-refractivity contribution in [1.82, 2.24) is 10.6 Å². The lowest BCUT2D eigenvalue weighted by molar-refractivity contribution is 0.228. The molecule has 0 heterocycles. The third kappa shape index (κ3) is 6.76.